The first-order chi connectivity index (χ1) is 14.5. The van der Waals surface area contributed by atoms with Crippen molar-refractivity contribution in [2.75, 3.05) is 12.3 Å². The number of rotatable bonds is 7. The van der Waals surface area contributed by atoms with E-state index in [2.05, 4.69) is 19.8 Å². The minimum atomic E-state index is -3.81. The Hall–Kier alpha value is -2.53. The third kappa shape index (κ3) is 5.26. The van der Waals surface area contributed by atoms with Gasteiger partial charge in [0.25, 0.3) is 5.89 Å². The standard InChI is InChI=1S/C21H25N5O4S.ClH/c1-12-4-7-15(31(28,29)24-11-21(2,3)27)9-16(12)14-8-17(18(22)23-10-14)20-25-19(26-30-20)13-5-6-13;/h4,7-10,13,24,27H,5-6,11H2,1-3H3,(H2,22,23);1H. The van der Waals surface area contributed by atoms with Crippen LogP contribution in [0.5, 0.6) is 0 Å². The molecule has 1 fully saturated rings. The lowest BCUT2D eigenvalue weighted by molar-refractivity contribution is 0.0857. The molecule has 0 radical (unpaired) electrons. The normalized spacial score (nSPS) is 14.2. The largest absolute Gasteiger partial charge is 0.389 e. The molecule has 11 heteroatoms. The van der Waals surface area contributed by atoms with Gasteiger partial charge in [-0.3, -0.25) is 0 Å². The number of benzene rings is 1. The van der Waals surface area contributed by atoms with Gasteiger partial charge in [0.1, 0.15) is 5.82 Å². The van der Waals surface area contributed by atoms with Crippen LogP contribution in [0, 0.1) is 6.92 Å². The van der Waals surface area contributed by atoms with Crippen molar-refractivity contribution < 1.29 is 18.0 Å². The van der Waals surface area contributed by atoms with Crippen molar-refractivity contribution in [1.82, 2.24) is 19.8 Å². The van der Waals surface area contributed by atoms with E-state index in [0.29, 0.717) is 34.3 Å². The fourth-order valence-electron chi connectivity index (χ4n) is 3.08. The van der Waals surface area contributed by atoms with Crippen molar-refractivity contribution in [3.63, 3.8) is 0 Å². The van der Waals surface area contributed by atoms with E-state index in [1.165, 1.54) is 19.9 Å². The molecule has 2 aromatic heterocycles. The van der Waals surface area contributed by atoms with Crippen LogP contribution in [-0.2, 0) is 10.0 Å². The number of halogens is 1. The predicted octanol–water partition coefficient (Wildman–Crippen LogP) is 3.04. The Labute approximate surface area is 192 Å². The van der Waals surface area contributed by atoms with Crippen LogP contribution in [0.25, 0.3) is 22.6 Å². The number of nitrogens with zero attached hydrogens (tertiary/aromatic N) is 3. The summed E-state index contributed by atoms with van der Waals surface area (Å²) in [7, 11) is -3.81. The molecular weight excluding hydrogens is 454 g/mol. The number of hydrogen-bond acceptors (Lipinski definition) is 8. The van der Waals surface area contributed by atoms with Crippen LogP contribution in [-0.4, -0.2) is 40.8 Å². The van der Waals surface area contributed by atoms with E-state index in [-0.39, 0.29) is 29.7 Å². The summed E-state index contributed by atoms with van der Waals surface area (Å²) >= 11 is 0. The first-order valence-electron chi connectivity index (χ1n) is 9.96. The number of hydrogen-bond donors (Lipinski definition) is 3. The lowest BCUT2D eigenvalue weighted by Crippen LogP contribution is -2.38. The minimum absolute atomic E-state index is 0. The molecule has 1 aliphatic rings. The fraction of sp³-hybridized carbons (Fsp3) is 0.381. The van der Waals surface area contributed by atoms with Crippen molar-refractivity contribution >= 4 is 28.2 Å². The monoisotopic (exact) mass is 479 g/mol. The van der Waals surface area contributed by atoms with E-state index >= 15 is 0 Å². The fourth-order valence-corrected chi connectivity index (χ4v) is 4.31. The lowest BCUT2D eigenvalue weighted by Gasteiger charge is -2.18. The number of nitrogen functional groups attached to an aromatic ring is 1. The molecule has 0 spiro atoms. The Bertz CT molecular complexity index is 1230. The maximum Gasteiger partial charge on any atom is 0.261 e. The maximum absolute atomic E-state index is 12.7. The summed E-state index contributed by atoms with van der Waals surface area (Å²) in [5.74, 6) is 1.56. The molecule has 3 aromatic rings. The number of nitrogens with two attached hydrogens (primary N) is 1. The highest BCUT2D eigenvalue weighted by molar-refractivity contribution is 7.89. The SMILES string of the molecule is Cc1ccc(S(=O)(=O)NCC(C)(C)O)cc1-c1cnc(N)c(-c2nc(C3CC3)no2)c1.Cl. The van der Waals surface area contributed by atoms with Crippen molar-refractivity contribution in [3.8, 4) is 22.6 Å². The van der Waals surface area contributed by atoms with Crippen LogP contribution in [0.4, 0.5) is 5.82 Å². The number of aryl methyl sites for hydroxylation is 1. The molecule has 2 heterocycles. The van der Waals surface area contributed by atoms with Crippen LogP contribution in [0.15, 0.2) is 39.9 Å². The molecule has 4 rings (SSSR count). The molecule has 0 saturated heterocycles. The smallest absolute Gasteiger partial charge is 0.261 e. The highest BCUT2D eigenvalue weighted by atomic mass is 35.5. The zero-order chi connectivity index (χ0) is 22.4. The number of anilines is 1. The van der Waals surface area contributed by atoms with Gasteiger partial charge in [0.15, 0.2) is 5.82 Å². The molecule has 0 amide bonds. The molecule has 0 aliphatic heterocycles. The third-order valence-corrected chi connectivity index (χ3v) is 6.46. The Morgan fingerprint density at radius 1 is 1.25 bits per heavy atom. The lowest BCUT2D eigenvalue weighted by atomic mass is 10.0. The number of sulfonamides is 1. The maximum atomic E-state index is 12.7. The summed E-state index contributed by atoms with van der Waals surface area (Å²) < 4.78 is 33.2. The minimum Gasteiger partial charge on any atom is -0.389 e. The van der Waals surface area contributed by atoms with Crippen LogP contribution < -0.4 is 10.5 Å². The average Bonchev–Trinajstić information content (AvgIpc) is 3.44. The molecule has 32 heavy (non-hydrogen) atoms. The highest BCUT2D eigenvalue weighted by Gasteiger charge is 2.29. The van der Waals surface area contributed by atoms with E-state index in [9.17, 15) is 13.5 Å². The second-order valence-corrected chi connectivity index (χ2v) is 10.3. The van der Waals surface area contributed by atoms with Crippen molar-refractivity contribution in [2.45, 2.75) is 50.0 Å². The number of pyridine rings is 1. The number of aromatic nitrogens is 3. The Kier molecular flexibility index (Phi) is 6.62. The Morgan fingerprint density at radius 3 is 2.62 bits per heavy atom. The van der Waals surface area contributed by atoms with Gasteiger partial charge in [-0.2, -0.15) is 4.98 Å². The van der Waals surface area contributed by atoms with Gasteiger partial charge in [-0.15, -0.1) is 12.4 Å². The zero-order valence-corrected chi connectivity index (χ0v) is 19.6. The summed E-state index contributed by atoms with van der Waals surface area (Å²) in [6.45, 7) is 4.84. The molecule has 1 aromatic carbocycles. The van der Waals surface area contributed by atoms with Crippen molar-refractivity contribution in [3.05, 3.63) is 41.9 Å². The van der Waals surface area contributed by atoms with Gasteiger partial charge in [0.05, 0.1) is 16.1 Å². The summed E-state index contributed by atoms with van der Waals surface area (Å²) in [5.41, 5.74) is 7.61. The summed E-state index contributed by atoms with van der Waals surface area (Å²) in [5, 5.41) is 13.9. The van der Waals surface area contributed by atoms with Crippen LogP contribution in [0.2, 0.25) is 0 Å². The molecule has 1 saturated carbocycles. The first-order valence-corrected chi connectivity index (χ1v) is 11.4. The summed E-state index contributed by atoms with van der Waals surface area (Å²) in [6, 6.07) is 6.59. The second-order valence-electron chi connectivity index (χ2n) is 8.50. The predicted molar refractivity (Wildman–Crippen MR) is 123 cm³/mol. The molecular formula is C21H26ClN5O4S. The quantitative estimate of drug-likeness (QED) is 0.469. The molecule has 0 bridgehead atoms. The molecule has 0 unspecified atom stereocenters. The van der Waals surface area contributed by atoms with Gasteiger partial charge in [-0.25, -0.2) is 18.1 Å². The average molecular weight is 480 g/mol. The summed E-state index contributed by atoms with van der Waals surface area (Å²) in [4.78, 5) is 8.78. The van der Waals surface area contributed by atoms with Crippen LogP contribution in [0.1, 0.15) is 44.0 Å². The van der Waals surface area contributed by atoms with E-state index in [0.717, 1.165) is 18.4 Å². The van der Waals surface area contributed by atoms with E-state index < -0.39 is 15.6 Å². The van der Waals surface area contributed by atoms with E-state index in [1.54, 1.807) is 24.4 Å². The Balaban J connectivity index is 0.00000289. The second kappa shape index (κ2) is 8.78. The van der Waals surface area contributed by atoms with Gasteiger partial charge in [-0.1, -0.05) is 11.2 Å². The van der Waals surface area contributed by atoms with Gasteiger partial charge in [0.2, 0.25) is 10.0 Å². The molecule has 172 valence electrons. The van der Waals surface area contributed by atoms with E-state index in [1.807, 2.05) is 6.92 Å². The number of nitrogens with one attached hydrogen (secondary N) is 1. The first kappa shape index (κ1) is 24.1. The van der Waals surface area contributed by atoms with Gasteiger partial charge in [0, 0.05) is 24.2 Å². The molecule has 4 N–H and O–H groups in total. The van der Waals surface area contributed by atoms with Gasteiger partial charge in [-0.05, 0) is 62.9 Å². The highest BCUT2D eigenvalue weighted by Crippen LogP contribution is 2.39. The van der Waals surface area contributed by atoms with E-state index in [4.69, 9.17) is 10.3 Å². The van der Waals surface area contributed by atoms with Crippen molar-refractivity contribution in [2.24, 2.45) is 0 Å². The topological polar surface area (TPSA) is 144 Å². The molecule has 9 nitrogen and oxygen atoms in total. The Morgan fingerprint density at radius 2 is 1.97 bits per heavy atom. The zero-order valence-electron chi connectivity index (χ0n) is 18.0. The number of aliphatic hydroxyl groups is 1. The summed E-state index contributed by atoms with van der Waals surface area (Å²) in [6.07, 6.45) is 3.68. The third-order valence-electron chi connectivity index (χ3n) is 5.06. The van der Waals surface area contributed by atoms with Gasteiger partial charge >= 0.3 is 0 Å². The van der Waals surface area contributed by atoms with Crippen LogP contribution in [0.3, 0.4) is 0 Å². The van der Waals surface area contributed by atoms with Crippen LogP contribution >= 0.6 is 12.4 Å². The molecule has 0 atom stereocenters. The van der Waals surface area contributed by atoms with Gasteiger partial charge < -0.3 is 15.4 Å². The molecule has 1 aliphatic carbocycles. The van der Waals surface area contributed by atoms with Crippen molar-refractivity contribution in [1.29, 1.82) is 0 Å².